The quantitative estimate of drug-likeness (QED) is 0.116. The molecular formula is C36H36ClN3O6. The van der Waals surface area contributed by atoms with Crippen molar-refractivity contribution in [1.82, 2.24) is 10.3 Å². The fraction of sp³-hybridized carbons (Fsp3) is 0.278. The second-order valence-corrected chi connectivity index (χ2v) is 11.9. The Labute approximate surface area is 274 Å². The number of aromatic nitrogens is 1. The zero-order valence-corrected chi connectivity index (χ0v) is 27.0. The third-order valence-corrected chi connectivity index (χ3v) is 7.04. The van der Waals surface area contributed by atoms with E-state index < -0.39 is 11.7 Å². The highest BCUT2D eigenvalue weighted by Crippen LogP contribution is 2.34. The molecule has 0 fully saturated rings. The van der Waals surface area contributed by atoms with E-state index in [9.17, 15) is 9.59 Å². The summed E-state index contributed by atoms with van der Waals surface area (Å²) in [6.07, 6.45) is 3.91. The predicted octanol–water partition coefficient (Wildman–Crippen LogP) is 7.85. The molecule has 238 valence electrons. The maximum absolute atomic E-state index is 11.8. The Morgan fingerprint density at radius 3 is 2.54 bits per heavy atom. The molecule has 0 spiro atoms. The fourth-order valence-electron chi connectivity index (χ4n) is 4.49. The number of hydrogen-bond acceptors (Lipinski definition) is 8. The third-order valence-electron chi connectivity index (χ3n) is 6.74. The number of benzene rings is 3. The normalized spacial score (nSPS) is 10.9. The Hall–Kier alpha value is -5.07. The number of carbonyl (C=O) groups excluding carboxylic acids is 2. The van der Waals surface area contributed by atoms with E-state index in [2.05, 4.69) is 10.3 Å². The van der Waals surface area contributed by atoms with Gasteiger partial charge in [-0.1, -0.05) is 41.9 Å². The number of rotatable bonds is 13. The number of hydrogen-bond donors (Lipinski definition) is 1. The average molecular weight is 642 g/mol. The van der Waals surface area contributed by atoms with E-state index in [4.69, 9.17) is 35.8 Å². The van der Waals surface area contributed by atoms with Crippen LogP contribution in [0.15, 0.2) is 73.1 Å². The first kappa shape index (κ1) is 33.8. The molecule has 10 heteroatoms. The molecule has 4 aromatic rings. The number of ether oxygens (including phenoxy) is 4. The molecule has 1 heterocycles. The molecule has 9 nitrogen and oxygen atoms in total. The van der Waals surface area contributed by atoms with Gasteiger partial charge in [0.2, 0.25) is 0 Å². The predicted molar refractivity (Wildman–Crippen MR) is 175 cm³/mol. The molecule has 0 aliphatic heterocycles. The smallest absolute Gasteiger partial charge is 0.407 e. The van der Waals surface area contributed by atoms with Crippen molar-refractivity contribution in [2.24, 2.45) is 0 Å². The number of alkyl carbamates (subject to hydrolysis) is 1. The lowest BCUT2D eigenvalue weighted by Gasteiger charge is -2.19. The van der Waals surface area contributed by atoms with Crippen LogP contribution in [0.2, 0.25) is 5.02 Å². The molecule has 0 aliphatic rings. The fourth-order valence-corrected chi connectivity index (χ4v) is 4.72. The summed E-state index contributed by atoms with van der Waals surface area (Å²) >= 11 is 6.46. The van der Waals surface area contributed by atoms with Crippen LogP contribution in [0.3, 0.4) is 0 Å². The number of nitrogens with one attached hydrogen (secondary N) is 1. The van der Waals surface area contributed by atoms with Crippen molar-refractivity contribution in [3.8, 4) is 34.4 Å². The van der Waals surface area contributed by atoms with Crippen LogP contribution in [0.1, 0.15) is 59.8 Å². The van der Waals surface area contributed by atoms with Gasteiger partial charge in [0, 0.05) is 30.6 Å². The molecule has 1 aromatic heterocycles. The van der Waals surface area contributed by atoms with Crippen molar-refractivity contribution in [1.29, 1.82) is 5.26 Å². The average Bonchev–Trinajstić information content (AvgIpc) is 3.03. The molecule has 0 saturated heterocycles. The van der Waals surface area contributed by atoms with Gasteiger partial charge in [-0.25, -0.2) is 4.79 Å². The molecule has 0 unspecified atom stereocenters. The van der Waals surface area contributed by atoms with E-state index in [0.29, 0.717) is 48.5 Å². The van der Waals surface area contributed by atoms with Gasteiger partial charge in [-0.05, 0) is 80.6 Å². The highest BCUT2D eigenvalue weighted by Gasteiger charge is 2.16. The van der Waals surface area contributed by atoms with Gasteiger partial charge in [0.05, 0.1) is 22.8 Å². The molecule has 0 radical (unpaired) electrons. The Morgan fingerprint density at radius 2 is 1.78 bits per heavy atom. The van der Waals surface area contributed by atoms with E-state index in [-0.39, 0.29) is 23.8 Å². The minimum absolute atomic E-state index is 0.108. The summed E-state index contributed by atoms with van der Waals surface area (Å²) in [5.74, 6) is 1.40. The number of pyridine rings is 1. The lowest BCUT2D eigenvalue weighted by Crippen LogP contribution is -2.33. The van der Waals surface area contributed by atoms with Crippen LogP contribution in [0.5, 0.6) is 17.2 Å². The topological polar surface area (TPSA) is 120 Å². The van der Waals surface area contributed by atoms with Crippen LogP contribution >= 0.6 is 11.6 Å². The van der Waals surface area contributed by atoms with Crippen molar-refractivity contribution < 1.29 is 28.5 Å². The van der Waals surface area contributed by atoms with Gasteiger partial charge in [-0.3, -0.25) is 9.78 Å². The van der Waals surface area contributed by atoms with Gasteiger partial charge in [0.15, 0.2) is 6.29 Å². The summed E-state index contributed by atoms with van der Waals surface area (Å²) in [5.41, 5.74) is 4.84. The van der Waals surface area contributed by atoms with Gasteiger partial charge in [-0.15, -0.1) is 0 Å². The van der Waals surface area contributed by atoms with Crippen LogP contribution in [0.25, 0.3) is 11.1 Å². The van der Waals surface area contributed by atoms with Gasteiger partial charge in [-0.2, -0.15) is 5.26 Å². The molecular weight excluding hydrogens is 606 g/mol. The number of nitrogens with zero attached hydrogens (tertiary/aromatic N) is 2. The van der Waals surface area contributed by atoms with Crippen LogP contribution in [-0.2, 0) is 18.0 Å². The van der Waals surface area contributed by atoms with E-state index >= 15 is 0 Å². The van der Waals surface area contributed by atoms with Crippen molar-refractivity contribution >= 4 is 24.0 Å². The molecule has 4 rings (SSSR count). The lowest BCUT2D eigenvalue weighted by molar-refractivity contribution is 0.0525. The molecule has 0 bridgehead atoms. The first-order valence-electron chi connectivity index (χ1n) is 14.7. The van der Waals surface area contributed by atoms with Crippen LogP contribution in [0.4, 0.5) is 4.79 Å². The maximum atomic E-state index is 11.8. The second-order valence-electron chi connectivity index (χ2n) is 11.5. The molecule has 0 atom stereocenters. The standard InChI is InChI=1S/C36H36ClN3O6/c1-24-28(23-45-34-17-33(29(21-41)16-32(34)37)44-22-26-14-25(18-38)19-39-20-26)9-6-11-31(24)27-8-5-10-30(15-27)43-13-7-12-40-35(42)46-36(2,3)4/h5-6,8-11,14-17,19-21H,7,12-13,22-23H2,1-4H3,(H,40,42). The van der Waals surface area contributed by atoms with E-state index in [1.165, 1.54) is 12.3 Å². The maximum Gasteiger partial charge on any atom is 0.407 e. The molecule has 1 N–H and O–H groups in total. The Bertz CT molecular complexity index is 1730. The Morgan fingerprint density at radius 1 is 1.00 bits per heavy atom. The number of carbonyl (C=O) groups is 2. The summed E-state index contributed by atoms with van der Waals surface area (Å²) < 4.78 is 23.2. The largest absolute Gasteiger partial charge is 0.494 e. The zero-order valence-electron chi connectivity index (χ0n) is 26.3. The number of nitriles is 1. The Kier molecular flexibility index (Phi) is 11.6. The molecule has 1 amide bonds. The number of halogens is 1. The summed E-state index contributed by atoms with van der Waals surface area (Å²) in [7, 11) is 0. The monoisotopic (exact) mass is 641 g/mol. The highest BCUT2D eigenvalue weighted by atomic mass is 35.5. The third kappa shape index (κ3) is 9.71. The summed E-state index contributed by atoms with van der Waals surface area (Å²) in [5, 5.41) is 12.1. The summed E-state index contributed by atoms with van der Waals surface area (Å²) in [4.78, 5) is 27.6. The van der Waals surface area contributed by atoms with E-state index in [0.717, 1.165) is 28.0 Å². The van der Waals surface area contributed by atoms with Gasteiger partial charge < -0.3 is 24.3 Å². The molecule has 0 aliphatic carbocycles. The zero-order chi connectivity index (χ0) is 33.1. The highest BCUT2D eigenvalue weighted by molar-refractivity contribution is 6.32. The van der Waals surface area contributed by atoms with Crippen molar-refractivity contribution in [3.63, 3.8) is 0 Å². The molecule has 46 heavy (non-hydrogen) atoms. The summed E-state index contributed by atoms with van der Waals surface area (Å²) in [6.45, 7) is 8.71. The minimum Gasteiger partial charge on any atom is -0.494 e. The number of amides is 1. The van der Waals surface area contributed by atoms with Gasteiger partial charge >= 0.3 is 6.09 Å². The molecule has 0 saturated carbocycles. The van der Waals surface area contributed by atoms with Crippen molar-refractivity contribution in [3.05, 3.63) is 106 Å². The Balaban J connectivity index is 1.39. The SMILES string of the molecule is Cc1c(COc2cc(OCc3cncc(C#N)c3)c(C=O)cc2Cl)cccc1-c1cccc(OCCCNC(=O)OC(C)(C)C)c1. The minimum atomic E-state index is -0.539. The lowest BCUT2D eigenvalue weighted by atomic mass is 9.96. The van der Waals surface area contributed by atoms with E-state index in [1.807, 2.05) is 76.2 Å². The first-order chi connectivity index (χ1) is 22.1. The van der Waals surface area contributed by atoms with Crippen molar-refractivity contribution in [2.45, 2.75) is 52.9 Å². The van der Waals surface area contributed by atoms with Crippen LogP contribution < -0.4 is 19.5 Å². The molecule has 3 aromatic carbocycles. The van der Waals surface area contributed by atoms with Crippen LogP contribution in [-0.4, -0.2) is 36.1 Å². The van der Waals surface area contributed by atoms with Crippen LogP contribution in [0, 0.1) is 18.3 Å². The second kappa shape index (κ2) is 15.8. The van der Waals surface area contributed by atoms with Gasteiger partial charge in [0.25, 0.3) is 0 Å². The number of aldehydes is 1. The first-order valence-corrected chi connectivity index (χ1v) is 15.1. The van der Waals surface area contributed by atoms with Gasteiger partial charge in [0.1, 0.15) is 42.1 Å². The van der Waals surface area contributed by atoms with Crippen molar-refractivity contribution in [2.75, 3.05) is 13.2 Å². The summed E-state index contributed by atoms with van der Waals surface area (Å²) in [6, 6.07) is 20.6. The van der Waals surface area contributed by atoms with E-state index in [1.54, 1.807) is 18.3 Å².